The van der Waals surface area contributed by atoms with Crippen LogP contribution in [0.25, 0.3) is 16.8 Å². The van der Waals surface area contributed by atoms with Gasteiger partial charge in [0.05, 0.1) is 37.5 Å². The average molecular weight is 418 g/mol. The second kappa shape index (κ2) is 8.51. The highest BCUT2D eigenvalue weighted by molar-refractivity contribution is 5.96. The van der Waals surface area contributed by atoms with Gasteiger partial charge in [-0.15, -0.1) is 0 Å². The van der Waals surface area contributed by atoms with Gasteiger partial charge in [-0.3, -0.25) is 9.78 Å². The number of hydrogen-bond acceptors (Lipinski definition) is 5. The molecule has 1 saturated carbocycles. The quantitative estimate of drug-likeness (QED) is 0.661. The monoisotopic (exact) mass is 418 g/mol. The zero-order chi connectivity index (χ0) is 21.2. The minimum absolute atomic E-state index is 0.0155. The van der Waals surface area contributed by atoms with Crippen molar-refractivity contribution in [1.82, 2.24) is 20.1 Å². The van der Waals surface area contributed by atoms with E-state index >= 15 is 0 Å². The lowest BCUT2D eigenvalue weighted by molar-refractivity contribution is 0.0254. The molecule has 0 spiro atoms. The highest BCUT2D eigenvalue weighted by Crippen LogP contribution is 2.27. The van der Waals surface area contributed by atoms with Crippen LogP contribution < -0.4 is 10.1 Å². The molecule has 3 aromatic rings. The standard InChI is InChI=1S/C24H26N4O3/c1-16-2-3-17(24(29)27-19-4-5-19)10-23(16)18-12-26-28(15-18)20-11-22(14-25-13-20)31-21-6-8-30-9-7-21/h2-3,10-15,19,21H,4-9H2,1H3,(H,27,29). The second-order valence-electron chi connectivity index (χ2n) is 8.26. The lowest BCUT2D eigenvalue weighted by atomic mass is 10.0. The number of carbonyl (C=O) groups excluding carboxylic acids is 1. The van der Waals surface area contributed by atoms with E-state index in [-0.39, 0.29) is 12.0 Å². The molecule has 0 radical (unpaired) electrons. The van der Waals surface area contributed by atoms with Crippen molar-refractivity contribution in [2.24, 2.45) is 0 Å². The van der Waals surface area contributed by atoms with Gasteiger partial charge in [-0.2, -0.15) is 5.10 Å². The molecule has 1 aliphatic carbocycles. The molecule has 1 aromatic carbocycles. The Morgan fingerprint density at radius 1 is 1.13 bits per heavy atom. The van der Waals surface area contributed by atoms with Crippen LogP contribution in [-0.2, 0) is 4.74 Å². The molecule has 7 heteroatoms. The molecule has 2 aliphatic rings. The zero-order valence-corrected chi connectivity index (χ0v) is 17.6. The third-order valence-electron chi connectivity index (χ3n) is 5.74. The van der Waals surface area contributed by atoms with Crippen molar-refractivity contribution in [3.05, 3.63) is 60.2 Å². The molecule has 0 unspecified atom stereocenters. The highest BCUT2D eigenvalue weighted by Gasteiger charge is 2.24. The molecule has 1 saturated heterocycles. The second-order valence-corrected chi connectivity index (χ2v) is 8.26. The van der Waals surface area contributed by atoms with Gasteiger partial charge in [0, 0.05) is 42.3 Å². The molecular weight excluding hydrogens is 392 g/mol. The molecule has 1 N–H and O–H groups in total. The summed E-state index contributed by atoms with van der Waals surface area (Å²) in [6.45, 7) is 3.51. The predicted octanol–water partition coefficient (Wildman–Crippen LogP) is 3.69. The number of aryl methyl sites for hydroxylation is 1. The van der Waals surface area contributed by atoms with Crippen LogP contribution in [0.1, 0.15) is 41.6 Å². The lowest BCUT2D eigenvalue weighted by Gasteiger charge is -2.23. The summed E-state index contributed by atoms with van der Waals surface area (Å²) in [4.78, 5) is 16.8. The van der Waals surface area contributed by atoms with E-state index in [0.29, 0.717) is 11.6 Å². The van der Waals surface area contributed by atoms with Crippen LogP contribution in [0.3, 0.4) is 0 Å². The lowest BCUT2D eigenvalue weighted by Crippen LogP contribution is -2.25. The van der Waals surface area contributed by atoms with Crippen LogP contribution in [0.5, 0.6) is 5.75 Å². The van der Waals surface area contributed by atoms with Crippen molar-refractivity contribution in [3.63, 3.8) is 0 Å². The van der Waals surface area contributed by atoms with Crippen LogP contribution in [0.4, 0.5) is 0 Å². The van der Waals surface area contributed by atoms with Crippen LogP contribution in [0, 0.1) is 6.92 Å². The molecule has 2 fully saturated rings. The van der Waals surface area contributed by atoms with E-state index in [2.05, 4.69) is 15.4 Å². The van der Waals surface area contributed by atoms with Gasteiger partial charge < -0.3 is 14.8 Å². The number of nitrogens with one attached hydrogen (secondary N) is 1. The van der Waals surface area contributed by atoms with Gasteiger partial charge in [-0.05, 0) is 43.0 Å². The molecule has 0 atom stereocenters. The Kier molecular flexibility index (Phi) is 5.42. The molecule has 2 aromatic heterocycles. The summed E-state index contributed by atoms with van der Waals surface area (Å²) >= 11 is 0. The summed E-state index contributed by atoms with van der Waals surface area (Å²) in [6, 6.07) is 8.09. The predicted molar refractivity (Wildman–Crippen MR) is 116 cm³/mol. The molecule has 0 bridgehead atoms. The van der Waals surface area contributed by atoms with Crippen molar-refractivity contribution in [2.45, 2.75) is 44.8 Å². The fraction of sp³-hybridized carbons (Fsp3) is 0.375. The van der Waals surface area contributed by atoms with Crippen molar-refractivity contribution in [1.29, 1.82) is 0 Å². The third-order valence-corrected chi connectivity index (χ3v) is 5.74. The molecular formula is C24H26N4O3. The number of benzene rings is 1. The molecule has 7 nitrogen and oxygen atoms in total. The van der Waals surface area contributed by atoms with E-state index in [1.165, 1.54) is 0 Å². The molecule has 31 heavy (non-hydrogen) atoms. The first-order chi connectivity index (χ1) is 15.2. The smallest absolute Gasteiger partial charge is 0.251 e. The van der Waals surface area contributed by atoms with Crippen LogP contribution in [0.2, 0.25) is 0 Å². The van der Waals surface area contributed by atoms with Gasteiger partial charge in [-0.1, -0.05) is 6.07 Å². The Morgan fingerprint density at radius 3 is 2.77 bits per heavy atom. The first kappa shape index (κ1) is 19.8. The molecule has 3 heterocycles. The number of pyridine rings is 1. The van der Waals surface area contributed by atoms with Crippen LogP contribution in [-0.4, -0.2) is 46.0 Å². The summed E-state index contributed by atoms with van der Waals surface area (Å²) in [6.07, 6.45) is 11.4. The summed E-state index contributed by atoms with van der Waals surface area (Å²) < 4.78 is 13.3. The SMILES string of the molecule is Cc1ccc(C(=O)NC2CC2)cc1-c1cnn(-c2cncc(OC3CCOCC3)c2)c1. The number of ether oxygens (including phenoxy) is 2. The summed E-state index contributed by atoms with van der Waals surface area (Å²) in [5, 5.41) is 7.57. The van der Waals surface area contributed by atoms with Crippen molar-refractivity contribution >= 4 is 5.91 Å². The Labute approximate surface area is 181 Å². The largest absolute Gasteiger partial charge is 0.489 e. The van der Waals surface area contributed by atoms with E-state index in [0.717, 1.165) is 67.0 Å². The Bertz CT molecular complexity index is 1080. The van der Waals surface area contributed by atoms with Gasteiger partial charge >= 0.3 is 0 Å². The molecule has 5 rings (SSSR count). The Hall–Kier alpha value is -3.19. The molecule has 160 valence electrons. The van der Waals surface area contributed by atoms with E-state index < -0.39 is 0 Å². The van der Waals surface area contributed by atoms with Crippen molar-refractivity contribution in [2.75, 3.05) is 13.2 Å². The van der Waals surface area contributed by atoms with Crippen molar-refractivity contribution < 1.29 is 14.3 Å². The number of hydrogen-bond donors (Lipinski definition) is 1. The van der Waals surface area contributed by atoms with Gasteiger partial charge in [0.15, 0.2) is 0 Å². The number of nitrogens with zero attached hydrogens (tertiary/aromatic N) is 3. The number of rotatable bonds is 6. The van der Waals surface area contributed by atoms with Gasteiger partial charge in [-0.25, -0.2) is 4.68 Å². The average Bonchev–Trinajstić information content (AvgIpc) is 3.46. The van der Waals surface area contributed by atoms with Crippen molar-refractivity contribution in [3.8, 4) is 22.6 Å². The van der Waals surface area contributed by atoms with Crippen LogP contribution >= 0.6 is 0 Å². The Morgan fingerprint density at radius 2 is 1.97 bits per heavy atom. The fourth-order valence-corrected chi connectivity index (χ4v) is 3.76. The van der Waals surface area contributed by atoms with E-state index in [1.54, 1.807) is 17.1 Å². The third kappa shape index (κ3) is 4.61. The maximum absolute atomic E-state index is 12.5. The van der Waals surface area contributed by atoms with E-state index in [4.69, 9.17) is 9.47 Å². The summed E-state index contributed by atoms with van der Waals surface area (Å²) in [5.74, 6) is 0.717. The topological polar surface area (TPSA) is 78.3 Å². The number of aromatic nitrogens is 3. The summed E-state index contributed by atoms with van der Waals surface area (Å²) in [7, 11) is 0. The van der Waals surface area contributed by atoms with Gasteiger partial charge in [0.25, 0.3) is 5.91 Å². The first-order valence-electron chi connectivity index (χ1n) is 10.8. The van der Waals surface area contributed by atoms with Gasteiger partial charge in [0.2, 0.25) is 0 Å². The van der Waals surface area contributed by atoms with Crippen LogP contribution in [0.15, 0.2) is 49.1 Å². The minimum Gasteiger partial charge on any atom is -0.489 e. The molecule has 1 aliphatic heterocycles. The molecule has 1 amide bonds. The zero-order valence-electron chi connectivity index (χ0n) is 17.6. The minimum atomic E-state index is -0.0155. The Balaban J connectivity index is 1.36. The summed E-state index contributed by atoms with van der Waals surface area (Å²) in [5.41, 5.74) is 4.55. The number of amides is 1. The maximum atomic E-state index is 12.5. The highest BCUT2D eigenvalue weighted by atomic mass is 16.5. The number of carbonyl (C=O) groups is 1. The van der Waals surface area contributed by atoms with E-state index in [1.807, 2.05) is 43.6 Å². The van der Waals surface area contributed by atoms with E-state index in [9.17, 15) is 4.79 Å². The maximum Gasteiger partial charge on any atom is 0.251 e. The first-order valence-corrected chi connectivity index (χ1v) is 10.8. The van der Waals surface area contributed by atoms with Gasteiger partial charge in [0.1, 0.15) is 11.9 Å². The fourth-order valence-electron chi connectivity index (χ4n) is 3.76. The normalized spacial score (nSPS) is 16.8.